The lowest BCUT2D eigenvalue weighted by atomic mass is 9.59. The van der Waals surface area contributed by atoms with Crippen LogP contribution in [0.2, 0.25) is 0 Å². The standard InChI is InChI=1S/C43H52N12O12.C8H12N2O3/c56-25-44-19-7-2-4-13-38(50-31-62)42(54-35-66,43(55-36-67,40(52-33-64)15-9-21-46-27-58)39(51-32-63)14-5-8-20-45-26-57)24-37(49-30-61)12-3-1-6-16-41(53-34-65,17-10-22-47-28-59)18-11-23-48-29-60;11-7-9-3-1-5-13-6-2-4-10-8-12/h37-40H,1-24H2;1-6H2. The monoisotopic (exact) mass is 1110 g/mol. The lowest BCUT2D eigenvalue weighted by Crippen LogP contribution is -2.69. The third-order valence-corrected chi connectivity index (χ3v) is 12.5. The maximum Gasteiger partial charge on any atom is 0.235 e. The molecular formula is C51H64N14O15. The van der Waals surface area contributed by atoms with Crippen molar-refractivity contribution >= 4 is 85.1 Å². The molecule has 0 amide bonds. The summed E-state index contributed by atoms with van der Waals surface area (Å²) in [4.78, 5) is 213. The van der Waals surface area contributed by atoms with Crippen LogP contribution < -0.4 is 0 Å². The van der Waals surface area contributed by atoms with Crippen LogP contribution in [0, 0.1) is 0 Å². The number of isocyanates is 14. The third-order valence-electron chi connectivity index (χ3n) is 12.5. The van der Waals surface area contributed by atoms with E-state index in [2.05, 4.69) is 69.9 Å². The highest BCUT2D eigenvalue weighted by Gasteiger charge is 2.65. The highest BCUT2D eigenvalue weighted by Crippen LogP contribution is 2.50. The molecular weight excluding hydrogens is 1050 g/mol. The van der Waals surface area contributed by atoms with Gasteiger partial charge in [-0.3, -0.25) is 0 Å². The van der Waals surface area contributed by atoms with E-state index >= 15 is 0 Å². The fourth-order valence-electron chi connectivity index (χ4n) is 9.13. The van der Waals surface area contributed by atoms with E-state index in [-0.39, 0.29) is 90.5 Å². The van der Waals surface area contributed by atoms with Crippen molar-refractivity contribution in [1.29, 1.82) is 0 Å². The predicted molar refractivity (Wildman–Crippen MR) is 279 cm³/mol. The largest absolute Gasteiger partial charge is 0.381 e. The quantitative estimate of drug-likeness (QED) is 0.0457. The van der Waals surface area contributed by atoms with Crippen LogP contribution in [0.1, 0.15) is 135 Å². The van der Waals surface area contributed by atoms with Crippen LogP contribution in [0.4, 0.5) is 0 Å². The molecule has 0 aliphatic carbocycles. The Bertz CT molecular complexity index is 2490. The second-order valence-electron chi connectivity index (χ2n) is 17.3. The zero-order valence-corrected chi connectivity index (χ0v) is 44.4. The third kappa shape index (κ3) is 31.5. The number of hydrogen-bond acceptors (Lipinski definition) is 29. The highest BCUT2D eigenvalue weighted by atomic mass is 16.5. The Kier molecular flexibility index (Phi) is 48.0. The summed E-state index contributed by atoms with van der Waals surface area (Å²) in [5.74, 6) is 0. The number of hydrogen-bond donors (Lipinski definition) is 0. The molecule has 0 rings (SSSR count). The molecule has 6 unspecified atom stereocenters. The first kappa shape index (κ1) is 73.4. The maximum absolute atomic E-state index is 12.9. The van der Waals surface area contributed by atoms with Gasteiger partial charge in [0, 0.05) is 19.6 Å². The average molecular weight is 1110 g/mol. The van der Waals surface area contributed by atoms with E-state index in [0.717, 1.165) is 0 Å². The van der Waals surface area contributed by atoms with Crippen molar-refractivity contribution in [2.45, 2.75) is 176 Å². The molecule has 428 valence electrons. The molecule has 6 atom stereocenters. The molecule has 0 aromatic carbocycles. The van der Waals surface area contributed by atoms with Gasteiger partial charge in [-0.2, -0.15) is 30.0 Å². The molecule has 29 heteroatoms. The van der Waals surface area contributed by atoms with E-state index in [9.17, 15) is 67.1 Å². The predicted octanol–water partition coefficient (Wildman–Crippen LogP) is 4.57. The average Bonchev–Trinajstić information content (AvgIpc) is 3.45. The van der Waals surface area contributed by atoms with E-state index in [1.165, 1.54) is 79.0 Å². The summed E-state index contributed by atoms with van der Waals surface area (Å²) in [5.41, 5.74) is -5.91. The molecule has 0 heterocycles. The second kappa shape index (κ2) is 52.3. The molecule has 0 N–H and O–H groups in total. The van der Waals surface area contributed by atoms with Gasteiger partial charge in [0.05, 0.1) is 75.5 Å². The fourth-order valence-corrected chi connectivity index (χ4v) is 9.13. The Hall–Kier alpha value is -8.72. The van der Waals surface area contributed by atoms with Crippen molar-refractivity contribution in [2.75, 3.05) is 59.0 Å². The van der Waals surface area contributed by atoms with Crippen molar-refractivity contribution in [1.82, 2.24) is 0 Å². The summed E-state index contributed by atoms with van der Waals surface area (Å²) in [7, 11) is 0. The Labute approximate surface area is 460 Å². The van der Waals surface area contributed by atoms with Gasteiger partial charge in [-0.25, -0.2) is 107 Å². The highest BCUT2D eigenvalue weighted by molar-refractivity contribution is 5.48. The van der Waals surface area contributed by atoms with Gasteiger partial charge in [0.15, 0.2) is 0 Å². The first-order valence-corrected chi connectivity index (χ1v) is 25.6. The van der Waals surface area contributed by atoms with Crippen molar-refractivity contribution in [3.8, 4) is 0 Å². The molecule has 0 radical (unpaired) electrons. The minimum atomic E-state index is -2.52. The van der Waals surface area contributed by atoms with Crippen molar-refractivity contribution in [3.63, 3.8) is 0 Å². The SMILES string of the molecule is O=C=NCCCCCC(N=C=O)C(CC(CCCCCC(CCCN=C=O)(CCCN=C=O)N=C=O)N=C=O)(N=C=O)C(N=C=O)(C(CCCCN=C=O)N=C=O)C(CCCN=C=O)N=C=O.O=C=NCCCOCCCN=C=O. The smallest absolute Gasteiger partial charge is 0.235 e. The van der Waals surface area contributed by atoms with Gasteiger partial charge in [0.1, 0.15) is 11.1 Å². The maximum atomic E-state index is 12.9. The van der Waals surface area contributed by atoms with Gasteiger partial charge < -0.3 is 4.74 Å². The molecule has 0 bridgehead atoms. The minimum Gasteiger partial charge on any atom is -0.381 e. The number of carbonyl (C=O) groups excluding carboxylic acids is 14. The van der Waals surface area contributed by atoms with Crippen molar-refractivity contribution in [3.05, 3.63) is 0 Å². The van der Waals surface area contributed by atoms with Gasteiger partial charge in [-0.05, 0) is 96.3 Å². The molecule has 0 saturated carbocycles. The Balaban J connectivity index is 0. The van der Waals surface area contributed by atoms with Crippen LogP contribution >= 0.6 is 0 Å². The molecule has 0 aromatic rings. The van der Waals surface area contributed by atoms with Gasteiger partial charge in [-0.15, -0.1) is 0 Å². The van der Waals surface area contributed by atoms with Crippen LogP contribution in [-0.2, 0) is 71.9 Å². The Morgan fingerprint density at radius 2 is 0.662 bits per heavy atom. The molecule has 0 spiro atoms. The second-order valence-corrected chi connectivity index (χ2v) is 17.3. The zero-order chi connectivity index (χ0) is 59.5. The number of rotatable bonds is 50. The Morgan fingerprint density at radius 3 is 1.12 bits per heavy atom. The lowest BCUT2D eigenvalue weighted by molar-refractivity contribution is 0.0958. The van der Waals surface area contributed by atoms with E-state index in [0.29, 0.717) is 96.9 Å². The number of ether oxygens (including phenoxy) is 1. The Morgan fingerprint density at radius 1 is 0.300 bits per heavy atom. The summed E-state index contributed by atoms with van der Waals surface area (Å²) in [5, 5.41) is 0. The minimum absolute atomic E-state index is 0.0144. The van der Waals surface area contributed by atoms with E-state index in [4.69, 9.17) is 4.74 Å². The van der Waals surface area contributed by atoms with Gasteiger partial charge in [-0.1, -0.05) is 32.1 Å². The van der Waals surface area contributed by atoms with E-state index < -0.39 is 47.2 Å². The number of unbranched alkanes of at least 4 members (excludes halogenated alkanes) is 5. The van der Waals surface area contributed by atoms with Crippen molar-refractivity contribution in [2.24, 2.45) is 69.9 Å². The molecule has 0 aliphatic heterocycles. The molecule has 0 saturated heterocycles. The first-order chi connectivity index (χ1) is 39.2. The number of nitrogens with zero attached hydrogens (tertiary/aromatic N) is 14. The fraction of sp³-hybridized carbons (Fsp3) is 0.725. The van der Waals surface area contributed by atoms with Crippen LogP contribution in [0.5, 0.6) is 0 Å². The lowest BCUT2D eigenvalue weighted by Gasteiger charge is -2.51. The normalized spacial score (nSPS) is 13.4. The molecule has 0 fully saturated rings. The first-order valence-electron chi connectivity index (χ1n) is 25.6. The van der Waals surface area contributed by atoms with Crippen LogP contribution in [0.15, 0.2) is 69.9 Å². The summed E-state index contributed by atoms with van der Waals surface area (Å²) >= 11 is 0. The van der Waals surface area contributed by atoms with Gasteiger partial charge >= 0.3 is 0 Å². The van der Waals surface area contributed by atoms with Crippen LogP contribution in [-0.4, -0.2) is 185 Å². The molecule has 80 heavy (non-hydrogen) atoms. The molecule has 0 aliphatic rings. The van der Waals surface area contributed by atoms with Crippen LogP contribution in [0.25, 0.3) is 0 Å². The van der Waals surface area contributed by atoms with Crippen molar-refractivity contribution < 1.29 is 71.9 Å². The molecule has 0 aromatic heterocycles. The summed E-state index contributed by atoms with van der Waals surface area (Å²) < 4.78 is 5.15. The zero-order valence-electron chi connectivity index (χ0n) is 44.4. The summed E-state index contributed by atoms with van der Waals surface area (Å²) in [6.07, 6.45) is 24.4. The summed E-state index contributed by atoms with van der Waals surface area (Å²) in [6.45, 7) is 2.16. The summed E-state index contributed by atoms with van der Waals surface area (Å²) in [6, 6.07) is -6.02. The topological polar surface area (TPSA) is 421 Å². The van der Waals surface area contributed by atoms with Gasteiger partial charge in [0.2, 0.25) is 85.1 Å². The van der Waals surface area contributed by atoms with Gasteiger partial charge in [0.25, 0.3) is 0 Å². The molecule has 29 nitrogen and oxygen atoms in total. The number of aliphatic imine (C=N–C) groups is 14. The van der Waals surface area contributed by atoms with Crippen LogP contribution in [0.3, 0.4) is 0 Å². The van der Waals surface area contributed by atoms with E-state index in [1.807, 2.05) is 0 Å². The van der Waals surface area contributed by atoms with E-state index in [1.54, 1.807) is 6.08 Å².